The van der Waals surface area contributed by atoms with Gasteiger partial charge in [0, 0.05) is 39.4 Å². The van der Waals surface area contributed by atoms with Gasteiger partial charge in [-0.1, -0.05) is 0 Å². The maximum absolute atomic E-state index is 13.4. The monoisotopic (exact) mass is 448 g/mol. The molecule has 1 aromatic heterocycles. The number of halogens is 2. The van der Waals surface area contributed by atoms with Gasteiger partial charge in [0.05, 0.1) is 4.90 Å². The minimum Gasteiger partial charge on any atom is -0.364 e. The van der Waals surface area contributed by atoms with Crippen LogP contribution in [0.1, 0.15) is 10.5 Å². The number of aromatic nitrogens is 1. The van der Waals surface area contributed by atoms with Gasteiger partial charge in [-0.05, 0) is 24.3 Å². The van der Waals surface area contributed by atoms with Crippen LogP contribution in [0.15, 0.2) is 40.3 Å². The van der Waals surface area contributed by atoms with Gasteiger partial charge in [0.2, 0.25) is 20.0 Å². The van der Waals surface area contributed by atoms with Crippen LogP contribution in [0, 0.1) is 11.6 Å². The Hall–Kier alpha value is -2.35. The predicted octanol–water partition coefficient (Wildman–Crippen LogP) is 0.0974. The molecule has 1 fully saturated rings. The zero-order valence-electron chi connectivity index (χ0n) is 15.2. The standard InChI is InChI=1S/C16H18F2N4O5S2/c1-20-10-12(9-15(20)16(19)23)29(26,27)22-6-4-21(5-7-22)28(24,25)11-2-3-13(17)14(18)8-11/h2-3,8-10H,4-7H2,1H3,(H2,19,23). The van der Waals surface area contributed by atoms with Crippen LogP contribution in [0.3, 0.4) is 0 Å². The molecular formula is C16H18F2N4O5S2. The van der Waals surface area contributed by atoms with E-state index in [1.165, 1.54) is 17.8 Å². The van der Waals surface area contributed by atoms with Crippen LogP contribution < -0.4 is 5.73 Å². The summed E-state index contributed by atoms with van der Waals surface area (Å²) in [6.07, 6.45) is 1.25. The summed E-state index contributed by atoms with van der Waals surface area (Å²) in [5, 5.41) is 0. The SMILES string of the molecule is Cn1cc(S(=O)(=O)N2CCN(S(=O)(=O)c3ccc(F)c(F)c3)CC2)cc1C(N)=O. The molecule has 1 aromatic carbocycles. The van der Waals surface area contributed by atoms with Crippen molar-refractivity contribution in [2.45, 2.75) is 9.79 Å². The van der Waals surface area contributed by atoms with Gasteiger partial charge < -0.3 is 10.3 Å². The number of nitrogens with zero attached hydrogens (tertiary/aromatic N) is 3. The maximum Gasteiger partial charge on any atom is 0.265 e. The Morgan fingerprint density at radius 2 is 1.41 bits per heavy atom. The van der Waals surface area contributed by atoms with E-state index < -0.39 is 42.5 Å². The van der Waals surface area contributed by atoms with Crippen molar-refractivity contribution in [1.29, 1.82) is 0 Å². The van der Waals surface area contributed by atoms with E-state index in [1.54, 1.807) is 0 Å². The number of hydrogen-bond donors (Lipinski definition) is 1. The lowest BCUT2D eigenvalue weighted by Crippen LogP contribution is -2.50. The Morgan fingerprint density at radius 1 is 0.897 bits per heavy atom. The van der Waals surface area contributed by atoms with E-state index in [0.717, 1.165) is 20.7 Å². The number of piperazine rings is 1. The van der Waals surface area contributed by atoms with E-state index in [1.807, 2.05) is 0 Å². The van der Waals surface area contributed by atoms with Crippen molar-refractivity contribution in [1.82, 2.24) is 13.2 Å². The predicted molar refractivity (Wildman–Crippen MR) is 97.8 cm³/mol. The summed E-state index contributed by atoms with van der Waals surface area (Å²) in [6, 6.07) is 3.41. The Labute approximate surface area is 166 Å². The fourth-order valence-electron chi connectivity index (χ4n) is 3.01. The lowest BCUT2D eigenvalue weighted by atomic mass is 10.3. The molecule has 0 atom stereocenters. The summed E-state index contributed by atoms with van der Waals surface area (Å²) in [7, 11) is -6.60. The Kier molecular flexibility index (Phi) is 5.51. The summed E-state index contributed by atoms with van der Waals surface area (Å²) >= 11 is 0. The van der Waals surface area contributed by atoms with Crippen molar-refractivity contribution in [3.05, 3.63) is 47.8 Å². The molecule has 2 aromatic rings. The van der Waals surface area contributed by atoms with Crippen molar-refractivity contribution in [3.8, 4) is 0 Å². The lowest BCUT2D eigenvalue weighted by Gasteiger charge is -2.33. The average molecular weight is 448 g/mol. The largest absolute Gasteiger partial charge is 0.364 e. The molecule has 2 heterocycles. The van der Waals surface area contributed by atoms with Crippen molar-refractivity contribution in [2.24, 2.45) is 12.8 Å². The Bertz CT molecular complexity index is 1170. The highest BCUT2D eigenvalue weighted by molar-refractivity contribution is 7.89. The van der Waals surface area contributed by atoms with E-state index in [-0.39, 0.29) is 36.8 Å². The molecule has 2 N–H and O–H groups in total. The highest BCUT2D eigenvalue weighted by Gasteiger charge is 2.35. The van der Waals surface area contributed by atoms with Crippen LogP contribution >= 0.6 is 0 Å². The summed E-state index contributed by atoms with van der Waals surface area (Å²) in [6.45, 7) is -0.635. The van der Waals surface area contributed by atoms with Crippen LogP contribution in [0.5, 0.6) is 0 Å². The van der Waals surface area contributed by atoms with Gasteiger partial charge in [-0.25, -0.2) is 25.6 Å². The smallest absolute Gasteiger partial charge is 0.265 e. The van der Waals surface area contributed by atoms with Gasteiger partial charge in [-0.2, -0.15) is 8.61 Å². The molecule has 29 heavy (non-hydrogen) atoms. The van der Waals surface area contributed by atoms with Crippen LogP contribution in [-0.2, 0) is 27.1 Å². The third-order valence-electron chi connectivity index (χ3n) is 4.60. The zero-order valence-corrected chi connectivity index (χ0v) is 16.9. The van der Waals surface area contributed by atoms with Crippen molar-refractivity contribution >= 4 is 26.0 Å². The summed E-state index contributed by atoms with van der Waals surface area (Å²) in [4.78, 5) is 10.8. The summed E-state index contributed by atoms with van der Waals surface area (Å²) in [5.74, 6) is -3.24. The highest BCUT2D eigenvalue weighted by Crippen LogP contribution is 2.23. The van der Waals surface area contributed by atoms with Gasteiger partial charge >= 0.3 is 0 Å². The van der Waals surface area contributed by atoms with E-state index in [4.69, 9.17) is 5.73 Å². The molecule has 1 saturated heterocycles. The summed E-state index contributed by atoms with van der Waals surface area (Å²) < 4.78 is 80.6. The molecule has 158 valence electrons. The molecular weight excluding hydrogens is 430 g/mol. The van der Waals surface area contributed by atoms with Crippen molar-refractivity contribution in [2.75, 3.05) is 26.2 Å². The van der Waals surface area contributed by atoms with Crippen molar-refractivity contribution in [3.63, 3.8) is 0 Å². The molecule has 1 amide bonds. The second-order valence-corrected chi connectivity index (χ2v) is 10.3. The maximum atomic E-state index is 13.4. The van der Waals surface area contributed by atoms with Gasteiger partial charge in [0.25, 0.3) is 5.91 Å². The van der Waals surface area contributed by atoms with E-state index in [0.29, 0.717) is 12.1 Å². The molecule has 9 nitrogen and oxygen atoms in total. The number of carbonyl (C=O) groups is 1. The number of hydrogen-bond acceptors (Lipinski definition) is 5. The Morgan fingerprint density at radius 3 is 1.86 bits per heavy atom. The second kappa shape index (κ2) is 7.48. The van der Waals surface area contributed by atoms with Crippen LogP contribution in [-0.4, -0.2) is 62.1 Å². The first-order valence-corrected chi connectivity index (χ1v) is 11.2. The number of benzene rings is 1. The molecule has 1 aliphatic heterocycles. The normalized spacial score (nSPS) is 16.8. The van der Waals surface area contributed by atoms with Crippen LogP contribution in [0.2, 0.25) is 0 Å². The van der Waals surface area contributed by atoms with Crippen LogP contribution in [0.4, 0.5) is 8.78 Å². The first-order valence-electron chi connectivity index (χ1n) is 8.36. The highest BCUT2D eigenvalue weighted by atomic mass is 32.2. The van der Waals surface area contributed by atoms with Gasteiger partial charge in [0.1, 0.15) is 10.6 Å². The van der Waals surface area contributed by atoms with Crippen LogP contribution in [0.25, 0.3) is 0 Å². The third kappa shape index (κ3) is 3.90. The topological polar surface area (TPSA) is 123 Å². The number of primary amides is 1. The first kappa shape index (κ1) is 21.4. The number of carbonyl (C=O) groups excluding carboxylic acids is 1. The quantitative estimate of drug-likeness (QED) is 0.695. The fourth-order valence-corrected chi connectivity index (χ4v) is 5.93. The molecule has 13 heteroatoms. The zero-order chi connectivity index (χ0) is 21.6. The van der Waals surface area contributed by atoms with Gasteiger partial charge in [0.15, 0.2) is 11.6 Å². The first-order chi connectivity index (χ1) is 13.4. The van der Waals surface area contributed by atoms with Gasteiger partial charge in [-0.15, -0.1) is 0 Å². The van der Waals surface area contributed by atoms with E-state index >= 15 is 0 Å². The molecule has 0 bridgehead atoms. The number of amides is 1. The third-order valence-corrected chi connectivity index (χ3v) is 8.36. The molecule has 0 spiro atoms. The van der Waals surface area contributed by atoms with E-state index in [9.17, 15) is 30.4 Å². The minimum absolute atomic E-state index is 0.0168. The summed E-state index contributed by atoms with van der Waals surface area (Å²) in [5.41, 5.74) is 5.22. The minimum atomic E-state index is -4.11. The number of aryl methyl sites for hydroxylation is 1. The number of sulfonamides is 2. The number of rotatable bonds is 5. The Balaban J connectivity index is 1.78. The second-order valence-electron chi connectivity index (χ2n) is 6.42. The average Bonchev–Trinajstić information content (AvgIpc) is 3.07. The molecule has 0 saturated carbocycles. The van der Waals surface area contributed by atoms with Gasteiger partial charge in [-0.3, -0.25) is 4.79 Å². The number of nitrogens with two attached hydrogens (primary N) is 1. The molecule has 0 unspecified atom stereocenters. The van der Waals surface area contributed by atoms with E-state index in [2.05, 4.69) is 0 Å². The van der Waals surface area contributed by atoms with Crippen molar-refractivity contribution < 1.29 is 30.4 Å². The fraction of sp³-hybridized carbons (Fsp3) is 0.312. The molecule has 1 aliphatic rings. The molecule has 3 rings (SSSR count). The molecule has 0 radical (unpaired) electrons. The lowest BCUT2D eigenvalue weighted by molar-refractivity contribution is 0.0992. The molecule has 0 aliphatic carbocycles.